The normalized spacial score (nSPS) is 12.8. The molecule has 0 radical (unpaired) electrons. The van der Waals surface area contributed by atoms with E-state index in [-0.39, 0.29) is 23.9 Å². The highest BCUT2D eigenvalue weighted by Crippen LogP contribution is 2.32. The number of hydrogen-bond donors (Lipinski definition) is 2. The van der Waals surface area contributed by atoms with Crippen molar-refractivity contribution in [1.29, 1.82) is 0 Å². The molecule has 192 valence electrons. The molecule has 2 N–H and O–H groups in total. The molecule has 5 rings (SSSR count). The van der Waals surface area contributed by atoms with E-state index >= 15 is 0 Å². The van der Waals surface area contributed by atoms with Gasteiger partial charge in [-0.15, -0.1) is 12.4 Å². The molecule has 4 aromatic rings. The number of hydrogen-bond acceptors (Lipinski definition) is 3. The summed E-state index contributed by atoms with van der Waals surface area (Å²) in [7, 11) is 0. The van der Waals surface area contributed by atoms with Gasteiger partial charge in [0.25, 0.3) is 5.91 Å². The van der Waals surface area contributed by atoms with E-state index in [2.05, 4.69) is 79.7 Å². The van der Waals surface area contributed by atoms with Gasteiger partial charge in [0.15, 0.2) is 0 Å². The number of carboxylic acids is 1. The fourth-order valence-electron chi connectivity index (χ4n) is 4.43. The lowest BCUT2D eigenvalue weighted by Crippen LogP contribution is -2.30. The van der Waals surface area contributed by atoms with E-state index < -0.39 is 5.97 Å². The molecule has 1 aliphatic rings. The topological polar surface area (TPSA) is 69.6 Å². The Morgan fingerprint density at radius 1 is 0.868 bits per heavy atom. The van der Waals surface area contributed by atoms with Gasteiger partial charge in [0, 0.05) is 39.3 Å². The first-order valence-corrected chi connectivity index (χ1v) is 13.2. The Balaban J connectivity index is 0.00000336. The Hall–Kier alpha value is -3.39. The van der Waals surface area contributed by atoms with Crippen LogP contribution in [0.15, 0.2) is 112 Å². The number of nitrogens with one attached hydrogen (secondary N) is 1. The van der Waals surface area contributed by atoms with Crippen molar-refractivity contribution >= 4 is 78.2 Å². The lowest BCUT2D eigenvalue weighted by Gasteiger charge is -2.27. The van der Waals surface area contributed by atoms with Crippen molar-refractivity contribution < 1.29 is 14.7 Å². The molecular weight excluding hydrogens is 632 g/mol. The standard InChI is InChI=1S/C30H22Br2N2O3.ClH/c31-26-16-25(30(36)37)27(32)15-24(26)29(35)34-14-13-22(19-7-2-1-3-8-19)21(18-34)17-33-28-12-6-10-20-9-4-5-11-23(20)28;/h1-13,15-16,18,33H,14,17H2,(H,36,37);1H. The van der Waals surface area contributed by atoms with Crippen LogP contribution in [-0.2, 0) is 0 Å². The second-order valence-electron chi connectivity index (χ2n) is 8.59. The van der Waals surface area contributed by atoms with E-state index in [1.165, 1.54) is 6.07 Å². The van der Waals surface area contributed by atoms with Crippen molar-refractivity contribution in [3.63, 3.8) is 0 Å². The predicted octanol–water partition coefficient (Wildman–Crippen LogP) is 8.02. The van der Waals surface area contributed by atoms with Gasteiger partial charge in [-0.05, 0) is 72.2 Å². The van der Waals surface area contributed by atoms with Gasteiger partial charge in [0.05, 0.1) is 11.1 Å². The number of anilines is 1. The summed E-state index contributed by atoms with van der Waals surface area (Å²) in [5, 5.41) is 15.2. The summed E-state index contributed by atoms with van der Waals surface area (Å²) >= 11 is 6.67. The number of rotatable bonds is 6. The lowest BCUT2D eigenvalue weighted by atomic mass is 9.95. The van der Waals surface area contributed by atoms with Crippen LogP contribution in [0.25, 0.3) is 16.3 Å². The highest BCUT2D eigenvalue weighted by molar-refractivity contribution is 9.11. The van der Waals surface area contributed by atoms with Gasteiger partial charge >= 0.3 is 5.97 Å². The monoisotopic (exact) mass is 652 g/mol. The third-order valence-electron chi connectivity index (χ3n) is 6.27. The summed E-state index contributed by atoms with van der Waals surface area (Å²) in [6, 6.07) is 27.5. The van der Waals surface area contributed by atoms with Gasteiger partial charge in [0.1, 0.15) is 0 Å². The molecule has 8 heteroatoms. The highest BCUT2D eigenvalue weighted by Gasteiger charge is 2.24. The molecule has 0 unspecified atom stereocenters. The van der Waals surface area contributed by atoms with Crippen LogP contribution >= 0.6 is 44.3 Å². The average molecular weight is 655 g/mol. The van der Waals surface area contributed by atoms with Crippen LogP contribution in [0.1, 0.15) is 26.3 Å². The van der Waals surface area contributed by atoms with Crippen molar-refractivity contribution in [2.45, 2.75) is 0 Å². The van der Waals surface area contributed by atoms with Crippen LogP contribution in [0.5, 0.6) is 0 Å². The Morgan fingerprint density at radius 2 is 1.53 bits per heavy atom. The average Bonchev–Trinajstić information content (AvgIpc) is 2.92. The first-order chi connectivity index (χ1) is 17.9. The van der Waals surface area contributed by atoms with E-state index in [1.54, 1.807) is 11.0 Å². The van der Waals surface area contributed by atoms with Gasteiger partial charge in [-0.2, -0.15) is 0 Å². The second-order valence-corrected chi connectivity index (χ2v) is 10.3. The molecule has 0 saturated heterocycles. The summed E-state index contributed by atoms with van der Waals surface area (Å²) in [5.41, 5.74) is 4.60. The SMILES string of the molecule is Cl.O=C(O)c1cc(Br)c(C(=O)N2C=C(CNc3cccc4ccccc34)C(c3ccccc3)=CC2)cc1Br. The van der Waals surface area contributed by atoms with E-state index in [1.807, 2.05) is 42.6 Å². The quantitative estimate of drug-likeness (QED) is 0.221. The second kappa shape index (κ2) is 12.0. The summed E-state index contributed by atoms with van der Waals surface area (Å²) in [5.74, 6) is -1.29. The Labute approximate surface area is 243 Å². The lowest BCUT2D eigenvalue weighted by molar-refractivity contribution is 0.0694. The van der Waals surface area contributed by atoms with E-state index in [9.17, 15) is 14.7 Å². The fourth-order valence-corrected chi connectivity index (χ4v) is 5.46. The summed E-state index contributed by atoms with van der Waals surface area (Å²) in [6.45, 7) is 0.910. The number of amides is 1. The summed E-state index contributed by atoms with van der Waals surface area (Å²) in [6.07, 6.45) is 3.94. The van der Waals surface area contributed by atoms with Gasteiger partial charge in [0.2, 0.25) is 0 Å². The van der Waals surface area contributed by atoms with Crippen LogP contribution < -0.4 is 5.32 Å². The zero-order valence-corrected chi connectivity index (χ0v) is 24.0. The Kier molecular flexibility index (Phi) is 8.72. The minimum Gasteiger partial charge on any atom is -0.478 e. The minimum atomic E-state index is -1.07. The molecule has 1 amide bonds. The number of carboxylic acid groups (broad SMARTS) is 1. The van der Waals surface area contributed by atoms with Gasteiger partial charge in [-0.25, -0.2) is 4.79 Å². The maximum absolute atomic E-state index is 13.5. The molecule has 38 heavy (non-hydrogen) atoms. The van der Waals surface area contributed by atoms with Crippen LogP contribution in [0.3, 0.4) is 0 Å². The highest BCUT2D eigenvalue weighted by atomic mass is 79.9. The number of aromatic carboxylic acids is 1. The molecule has 1 aliphatic heterocycles. The maximum atomic E-state index is 13.5. The maximum Gasteiger partial charge on any atom is 0.336 e. The Bertz CT molecular complexity index is 1580. The van der Waals surface area contributed by atoms with Crippen LogP contribution in [0.4, 0.5) is 5.69 Å². The van der Waals surface area contributed by atoms with Crippen molar-refractivity contribution in [2.24, 2.45) is 0 Å². The third kappa shape index (κ3) is 5.70. The molecule has 0 bridgehead atoms. The van der Waals surface area contributed by atoms with Crippen LogP contribution in [0.2, 0.25) is 0 Å². The minimum absolute atomic E-state index is 0. The molecule has 0 fully saturated rings. The Morgan fingerprint density at radius 3 is 2.29 bits per heavy atom. The molecule has 0 spiro atoms. The molecule has 0 atom stereocenters. The fraction of sp³-hybridized carbons (Fsp3) is 0.0667. The van der Waals surface area contributed by atoms with Crippen molar-refractivity contribution in [1.82, 2.24) is 4.90 Å². The van der Waals surface area contributed by atoms with Crippen molar-refractivity contribution in [2.75, 3.05) is 18.4 Å². The van der Waals surface area contributed by atoms with E-state index in [0.717, 1.165) is 33.2 Å². The zero-order valence-electron chi connectivity index (χ0n) is 20.0. The first-order valence-electron chi connectivity index (χ1n) is 11.6. The van der Waals surface area contributed by atoms with Crippen molar-refractivity contribution in [3.05, 3.63) is 128 Å². The molecular formula is C30H23Br2ClN2O3. The molecule has 0 saturated carbocycles. The van der Waals surface area contributed by atoms with Crippen LogP contribution in [0, 0.1) is 0 Å². The number of benzene rings is 4. The zero-order chi connectivity index (χ0) is 25.9. The van der Waals surface area contributed by atoms with Crippen LogP contribution in [-0.4, -0.2) is 35.0 Å². The number of nitrogens with zero attached hydrogens (tertiary/aromatic N) is 1. The van der Waals surface area contributed by atoms with E-state index in [4.69, 9.17) is 0 Å². The number of halogens is 3. The van der Waals surface area contributed by atoms with E-state index in [0.29, 0.717) is 27.6 Å². The van der Waals surface area contributed by atoms with Gasteiger partial charge in [-0.1, -0.05) is 72.8 Å². The number of carbonyl (C=O) groups is 2. The summed E-state index contributed by atoms with van der Waals surface area (Å²) < 4.78 is 0.783. The molecule has 0 aromatic heterocycles. The van der Waals surface area contributed by atoms with Gasteiger partial charge in [-0.3, -0.25) is 4.79 Å². The van der Waals surface area contributed by atoms with Crippen molar-refractivity contribution in [3.8, 4) is 0 Å². The molecule has 1 heterocycles. The summed E-state index contributed by atoms with van der Waals surface area (Å²) in [4.78, 5) is 26.6. The van der Waals surface area contributed by atoms with Gasteiger partial charge < -0.3 is 15.3 Å². The third-order valence-corrected chi connectivity index (χ3v) is 7.58. The number of fused-ring (bicyclic) bond motifs is 1. The predicted molar refractivity (Wildman–Crippen MR) is 162 cm³/mol. The smallest absolute Gasteiger partial charge is 0.336 e. The molecule has 5 nitrogen and oxygen atoms in total. The number of carbonyl (C=O) groups excluding carboxylic acids is 1. The largest absolute Gasteiger partial charge is 0.478 e. The molecule has 4 aromatic carbocycles. The molecule has 0 aliphatic carbocycles. The first kappa shape index (κ1) is 27.6.